The first kappa shape index (κ1) is 13.4. The van der Waals surface area contributed by atoms with Crippen molar-refractivity contribution in [2.45, 2.75) is 58.7 Å². The van der Waals surface area contributed by atoms with Crippen molar-refractivity contribution in [3.05, 3.63) is 29.3 Å². The average molecular weight is 248 g/mol. The Labute approximate surface area is 110 Å². The van der Waals surface area contributed by atoms with Crippen molar-refractivity contribution in [1.82, 2.24) is 0 Å². The average Bonchev–Trinajstić information content (AvgIpc) is 2.28. The molecule has 1 saturated carbocycles. The highest BCUT2D eigenvalue weighted by atomic mass is 16.5. The number of benzene rings is 1. The lowest BCUT2D eigenvalue weighted by molar-refractivity contribution is 0.121. The third-order valence-corrected chi connectivity index (χ3v) is 3.80. The summed E-state index contributed by atoms with van der Waals surface area (Å²) in [5.74, 6) is 1.62. The van der Waals surface area contributed by atoms with Crippen LogP contribution in [0.4, 0.5) is 0 Å². The number of rotatable bonds is 3. The Morgan fingerprint density at radius 1 is 1.33 bits per heavy atom. The summed E-state index contributed by atoms with van der Waals surface area (Å²) in [6, 6.07) is 6.04. The zero-order chi connectivity index (χ0) is 13.1. The third kappa shape index (κ3) is 3.26. The predicted molar refractivity (Wildman–Crippen MR) is 73.9 cm³/mol. The molecule has 2 nitrogen and oxygen atoms in total. The molecule has 0 radical (unpaired) electrons. The summed E-state index contributed by atoms with van der Waals surface area (Å²) in [6.45, 7) is 6.14. The van der Waals surface area contributed by atoms with Crippen LogP contribution in [0.15, 0.2) is 18.2 Å². The lowest BCUT2D eigenvalue weighted by atomic mass is 9.88. The van der Waals surface area contributed by atoms with Crippen molar-refractivity contribution in [3.8, 4) is 5.75 Å². The molecule has 100 valence electrons. The summed E-state index contributed by atoms with van der Waals surface area (Å²) >= 11 is 0. The van der Waals surface area contributed by atoms with E-state index in [1.54, 1.807) is 6.92 Å². The Bertz CT molecular complexity index is 398. The van der Waals surface area contributed by atoms with Crippen LogP contribution >= 0.6 is 0 Å². The summed E-state index contributed by atoms with van der Waals surface area (Å²) in [4.78, 5) is 0. The molecule has 0 amide bonds. The van der Waals surface area contributed by atoms with Crippen LogP contribution in [0.1, 0.15) is 56.8 Å². The lowest BCUT2D eigenvalue weighted by Crippen LogP contribution is -2.24. The molecule has 1 aromatic carbocycles. The molecule has 1 aliphatic carbocycles. The number of aryl methyl sites for hydroxylation is 1. The highest BCUT2D eigenvalue weighted by Crippen LogP contribution is 2.31. The zero-order valence-corrected chi connectivity index (χ0v) is 11.6. The molecule has 0 bridgehead atoms. The summed E-state index contributed by atoms with van der Waals surface area (Å²) in [6.07, 6.45) is 4.68. The van der Waals surface area contributed by atoms with Gasteiger partial charge in [0, 0.05) is 5.56 Å². The number of aliphatic hydroxyl groups is 1. The molecule has 3 atom stereocenters. The molecular weight excluding hydrogens is 224 g/mol. The molecule has 1 N–H and O–H groups in total. The second-order valence-corrected chi connectivity index (χ2v) is 5.73. The van der Waals surface area contributed by atoms with Crippen LogP contribution in [-0.4, -0.2) is 11.2 Å². The third-order valence-electron chi connectivity index (χ3n) is 3.80. The molecule has 1 aromatic rings. The quantitative estimate of drug-likeness (QED) is 0.876. The van der Waals surface area contributed by atoms with E-state index in [-0.39, 0.29) is 0 Å². The van der Waals surface area contributed by atoms with Gasteiger partial charge in [-0.3, -0.25) is 0 Å². The molecule has 18 heavy (non-hydrogen) atoms. The van der Waals surface area contributed by atoms with Crippen LogP contribution < -0.4 is 4.74 Å². The highest BCUT2D eigenvalue weighted by Gasteiger charge is 2.21. The first-order valence-electron chi connectivity index (χ1n) is 7.01. The second kappa shape index (κ2) is 5.75. The van der Waals surface area contributed by atoms with E-state index in [1.165, 1.54) is 18.4 Å². The Hall–Kier alpha value is -1.02. The van der Waals surface area contributed by atoms with E-state index in [4.69, 9.17) is 4.74 Å². The minimum atomic E-state index is -0.471. The van der Waals surface area contributed by atoms with Gasteiger partial charge in [-0.15, -0.1) is 0 Å². The van der Waals surface area contributed by atoms with Crippen LogP contribution in [0.25, 0.3) is 0 Å². The van der Waals surface area contributed by atoms with Crippen LogP contribution in [0.5, 0.6) is 5.75 Å². The molecule has 0 saturated heterocycles. The second-order valence-electron chi connectivity index (χ2n) is 5.73. The van der Waals surface area contributed by atoms with Crippen LogP contribution in [0, 0.1) is 12.8 Å². The van der Waals surface area contributed by atoms with Crippen LogP contribution in [-0.2, 0) is 0 Å². The summed E-state index contributed by atoms with van der Waals surface area (Å²) in [7, 11) is 0. The van der Waals surface area contributed by atoms with Crippen molar-refractivity contribution < 1.29 is 9.84 Å². The van der Waals surface area contributed by atoms with Gasteiger partial charge in [-0.05, 0) is 50.7 Å². The van der Waals surface area contributed by atoms with Gasteiger partial charge in [-0.1, -0.05) is 25.5 Å². The molecular formula is C16H24O2. The van der Waals surface area contributed by atoms with Gasteiger partial charge in [0.05, 0.1) is 12.2 Å². The molecule has 0 aromatic heterocycles. The van der Waals surface area contributed by atoms with Crippen molar-refractivity contribution in [1.29, 1.82) is 0 Å². The van der Waals surface area contributed by atoms with Gasteiger partial charge in [0.15, 0.2) is 0 Å². The molecule has 0 aliphatic heterocycles. The standard InChI is InChI=1S/C16H24O2/c1-11-5-4-6-14(9-11)18-16-10-12(2)7-8-15(16)13(3)17/h7-8,10-11,13-14,17H,4-6,9H2,1-3H3. The van der Waals surface area contributed by atoms with E-state index in [2.05, 4.69) is 13.8 Å². The maximum absolute atomic E-state index is 9.80. The summed E-state index contributed by atoms with van der Waals surface area (Å²) in [5.41, 5.74) is 2.08. The highest BCUT2D eigenvalue weighted by molar-refractivity contribution is 5.38. The molecule has 3 unspecified atom stereocenters. The maximum atomic E-state index is 9.80. The smallest absolute Gasteiger partial charge is 0.125 e. The summed E-state index contributed by atoms with van der Waals surface area (Å²) in [5, 5.41) is 9.80. The van der Waals surface area contributed by atoms with Gasteiger partial charge in [0.2, 0.25) is 0 Å². The fourth-order valence-corrected chi connectivity index (χ4v) is 2.75. The van der Waals surface area contributed by atoms with E-state index in [0.29, 0.717) is 6.10 Å². The SMILES string of the molecule is Cc1ccc(C(C)O)c(OC2CCCC(C)C2)c1. The largest absolute Gasteiger partial charge is 0.490 e. The van der Waals surface area contributed by atoms with E-state index >= 15 is 0 Å². The molecule has 0 spiro atoms. The van der Waals surface area contributed by atoms with Crippen molar-refractivity contribution in [2.75, 3.05) is 0 Å². The molecule has 1 aliphatic rings. The fraction of sp³-hybridized carbons (Fsp3) is 0.625. The predicted octanol–water partition coefficient (Wildman–Crippen LogP) is 4.01. The topological polar surface area (TPSA) is 29.5 Å². The molecule has 2 rings (SSSR count). The number of aliphatic hydroxyl groups excluding tert-OH is 1. The van der Waals surface area contributed by atoms with E-state index in [0.717, 1.165) is 30.1 Å². The van der Waals surface area contributed by atoms with Crippen LogP contribution in [0.3, 0.4) is 0 Å². The van der Waals surface area contributed by atoms with Gasteiger partial charge in [-0.2, -0.15) is 0 Å². The first-order chi connectivity index (χ1) is 8.56. The van der Waals surface area contributed by atoms with Gasteiger partial charge >= 0.3 is 0 Å². The lowest BCUT2D eigenvalue weighted by Gasteiger charge is -2.28. The Kier molecular flexibility index (Phi) is 4.28. The minimum Gasteiger partial charge on any atom is -0.490 e. The van der Waals surface area contributed by atoms with E-state index in [1.807, 2.05) is 18.2 Å². The van der Waals surface area contributed by atoms with Gasteiger partial charge in [0.25, 0.3) is 0 Å². The zero-order valence-electron chi connectivity index (χ0n) is 11.6. The molecule has 2 heteroatoms. The van der Waals surface area contributed by atoms with Crippen molar-refractivity contribution in [2.24, 2.45) is 5.92 Å². The molecule has 1 fully saturated rings. The number of hydrogen-bond acceptors (Lipinski definition) is 2. The van der Waals surface area contributed by atoms with Crippen LogP contribution in [0.2, 0.25) is 0 Å². The normalized spacial score (nSPS) is 25.8. The number of ether oxygens (including phenoxy) is 1. The van der Waals surface area contributed by atoms with Gasteiger partial charge < -0.3 is 9.84 Å². The van der Waals surface area contributed by atoms with Crippen molar-refractivity contribution in [3.63, 3.8) is 0 Å². The maximum Gasteiger partial charge on any atom is 0.125 e. The Balaban J connectivity index is 2.14. The van der Waals surface area contributed by atoms with Gasteiger partial charge in [0.1, 0.15) is 5.75 Å². The van der Waals surface area contributed by atoms with Crippen molar-refractivity contribution >= 4 is 0 Å². The van der Waals surface area contributed by atoms with Gasteiger partial charge in [-0.25, -0.2) is 0 Å². The minimum absolute atomic E-state index is 0.313. The van der Waals surface area contributed by atoms with E-state index in [9.17, 15) is 5.11 Å². The van der Waals surface area contributed by atoms with E-state index < -0.39 is 6.10 Å². The summed E-state index contributed by atoms with van der Waals surface area (Å²) < 4.78 is 6.14. The number of hydrogen-bond donors (Lipinski definition) is 1. The Morgan fingerprint density at radius 2 is 2.11 bits per heavy atom. The molecule has 0 heterocycles. The monoisotopic (exact) mass is 248 g/mol. The fourth-order valence-electron chi connectivity index (χ4n) is 2.75. The first-order valence-corrected chi connectivity index (χ1v) is 7.01. The Morgan fingerprint density at radius 3 is 2.78 bits per heavy atom.